The Morgan fingerprint density at radius 2 is 1.68 bits per heavy atom. The van der Waals surface area contributed by atoms with E-state index in [4.69, 9.17) is 0 Å². The average Bonchev–Trinajstić information content (AvgIpc) is 2.89. The van der Waals surface area contributed by atoms with Gasteiger partial charge in [0.2, 0.25) is 0 Å². The molecule has 0 saturated carbocycles. The number of hydrogen-bond donors (Lipinski definition) is 0. The van der Waals surface area contributed by atoms with Crippen molar-refractivity contribution in [3.8, 4) is 16.9 Å². The molecule has 0 spiro atoms. The lowest BCUT2D eigenvalue weighted by atomic mass is 10.1. The quantitative estimate of drug-likeness (QED) is 0.675. The molecule has 1 heterocycles. The molecule has 0 aliphatic rings. The van der Waals surface area contributed by atoms with E-state index < -0.39 is 0 Å². The highest BCUT2D eigenvalue weighted by Crippen LogP contribution is 2.29. The molecule has 0 aliphatic carbocycles. The van der Waals surface area contributed by atoms with Gasteiger partial charge >= 0.3 is 0 Å². The maximum Gasteiger partial charge on any atom is 0.0752 e. The van der Waals surface area contributed by atoms with E-state index in [1.807, 2.05) is 47.3 Å². The van der Waals surface area contributed by atoms with Crippen molar-refractivity contribution in [3.63, 3.8) is 0 Å². The molecule has 0 radical (unpaired) electrons. The van der Waals surface area contributed by atoms with Crippen molar-refractivity contribution in [2.75, 3.05) is 0 Å². The van der Waals surface area contributed by atoms with Crippen molar-refractivity contribution in [3.05, 3.63) is 70.8 Å². The van der Waals surface area contributed by atoms with Crippen molar-refractivity contribution in [1.82, 2.24) is 9.78 Å². The first-order valence-electron chi connectivity index (χ1n) is 6.12. The van der Waals surface area contributed by atoms with Crippen molar-refractivity contribution in [1.29, 1.82) is 0 Å². The highest BCUT2D eigenvalue weighted by molar-refractivity contribution is 9.10. The van der Waals surface area contributed by atoms with E-state index in [9.17, 15) is 0 Å². The summed E-state index contributed by atoms with van der Waals surface area (Å²) in [6.07, 6.45) is 1.83. The number of benzene rings is 2. The van der Waals surface area contributed by atoms with E-state index in [1.54, 1.807) is 0 Å². The third-order valence-electron chi connectivity index (χ3n) is 3.14. The number of halogens is 1. The molecule has 0 amide bonds. The lowest BCUT2D eigenvalue weighted by Crippen LogP contribution is -2.01. The normalized spacial score (nSPS) is 10.6. The Balaban J connectivity index is 2.20. The predicted molar refractivity (Wildman–Crippen MR) is 81.4 cm³/mol. The SMILES string of the molecule is Cc1ccccc1-n1nccc1-c1ccccc1Br. The van der Waals surface area contributed by atoms with Gasteiger partial charge < -0.3 is 0 Å². The molecule has 0 N–H and O–H groups in total. The molecule has 3 aromatic rings. The van der Waals surface area contributed by atoms with Crippen molar-refractivity contribution in [2.45, 2.75) is 6.92 Å². The summed E-state index contributed by atoms with van der Waals surface area (Å²) in [5.41, 5.74) is 4.54. The lowest BCUT2D eigenvalue weighted by Gasteiger charge is -2.11. The highest BCUT2D eigenvalue weighted by Gasteiger charge is 2.10. The molecule has 0 atom stereocenters. The first kappa shape index (κ1) is 12.2. The zero-order chi connectivity index (χ0) is 13.2. The van der Waals surface area contributed by atoms with E-state index in [1.165, 1.54) is 5.56 Å². The Morgan fingerprint density at radius 3 is 2.47 bits per heavy atom. The molecule has 3 heteroatoms. The number of aromatic nitrogens is 2. The Bertz CT molecular complexity index is 656. The van der Waals surface area contributed by atoms with Gasteiger partial charge in [-0.25, -0.2) is 4.68 Å². The number of rotatable bonds is 2. The monoisotopic (exact) mass is 312 g/mol. The van der Waals surface area contributed by atoms with Gasteiger partial charge in [-0.2, -0.15) is 5.10 Å². The number of nitrogens with zero attached hydrogens (tertiary/aromatic N) is 2. The minimum Gasteiger partial charge on any atom is -0.233 e. The summed E-state index contributed by atoms with van der Waals surface area (Å²) in [5.74, 6) is 0. The van der Waals surface area contributed by atoms with Crippen LogP contribution >= 0.6 is 15.9 Å². The first-order chi connectivity index (χ1) is 9.27. The highest BCUT2D eigenvalue weighted by atomic mass is 79.9. The van der Waals surface area contributed by atoms with Crippen LogP contribution in [0.3, 0.4) is 0 Å². The van der Waals surface area contributed by atoms with Crippen molar-refractivity contribution >= 4 is 15.9 Å². The minimum absolute atomic E-state index is 1.07. The summed E-state index contributed by atoms with van der Waals surface area (Å²) in [6, 6.07) is 18.5. The second-order valence-electron chi connectivity index (χ2n) is 4.39. The van der Waals surface area contributed by atoms with Gasteiger partial charge in [-0.3, -0.25) is 0 Å². The van der Waals surface area contributed by atoms with Gasteiger partial charge in [0.1, 0.15) is 0 Å². The molecule has 0 unspecified atom stereocenters. The topological polar surface area (TPSA) is 17.8 Å². The van der Waals surface area contributed by atoms with Gasteiger partial charge in [0, 0.05) is 10.0 Å². The van der Waals surface area contributed by atoms with E-state index in [0.29, 0.717) is 0 Å². The van der Waals surface area contributed by atoms with Gasteiger partial charge in [0.05, 0.1) is 17.6 Å². The average molecular weight is 313 g/mol. The zero-order valence-corrected chi connectivity index (χ0v) is 12.1. The summed E-state index contributed by atoms with van der Waals surface area (Å²) < 4.78 is 3.06. The fraction of sp³-hybridized carbons (Fsp3) is 0.0625. The van der Waals surface area contributed by atoms with Gasteiger partial charge in [-0.05, 0) is 30.7 Å². The number of hydrogen-bond acceptors (Lipinski definition) is 1. The molecule has 2 nitrogen and oxygen atoms in total. The maximum atomic E-state index is 4.46. The van der Waals surface area contributed by atoms with Gasteiger partial charge in [-0.15, -0.1) is 0 Å². The second-order valence-corrected chi connectivity index (χ2v) is 5.25. The second kappa shape index (κ2) is 5.02. The Kier molecular flexibility index (Phi) is 3.22. The first-order valence-corrected chi connectivity index (χ1v) is 6.91. The molecule has 0 bridgehead atoms. The fourth-order valence-electron chi connectivity index (χ4n) is 2.17. The molecular formula is C16H13BrN2. The Morgan fingerprint density at radius 1 is 0.947 bits per heavy atom. The van der Waals surface area contributed by atoms with E-state index >= 15 is 0 Å². The van der Waals surface area contributed by atoms with E-state index in [2.05, 4.69) is 46.2 Å². The van der Waals surface area contributed by atoms with Crippen molar-refractivity contribution in [2.24, 2.45) is 0 Å². The van der Waals surface area contributed by atoms with Gasteiger partial charge in [0.15, 0.2) is 0 Å². The van der Waals surface area contributed by atoms with Crippen LogP contribution in [-0.2, 0) is 0 Å². The van der Waals surface area contributed by atoms with Crippen LogP contribution in [0.4, 0.5) is 0 Å². The van der Waals surface area contributed by atoms with Crippen LogP contribution in [0.25, 0.3) is 16.9 Å². The fourth-order valence-corrected chi connectivity index (χ4v) is 2.66. The van der Waals surface area contributed by atoms with Crippen LogP contribution < -0.4 is 0 Å². The van der Waals surface area contributed by atoms with Crippen molar-refractivity contribution < 1.29 is 0 Å². The summed E-state index contributed by atoms with van der Waals surface area (Å²) in [6.45, 7) is 2.10. The summed E-state index contributed by atoms with van der Waals surface area (Å²) in [5, 5.41) is 4.46. The smallest absolute Gasteiger partial charge is 0.0752 e. The maximum absolute atomic E-state index is 4.46. The lowest BCUT2D eigenvalue weighted by molar-refractivity contribution is 0.880. The molecule has 19 heavy (non-hydrogen) atoms. The van der Waals surface area contributed by atoms with Crippen LogP contribution in [0.2, 0.25) is 0 Å². The summed E-state index contributed by atoms with van der Waals surface area (Å²) >= 11 is 3.60. The minimum atomic E-state index is 1.07. The molecule has 0 aliphatic heterocycles. The van der Waals surface area contributed by atoms with Crippen LogP contribution in [0.1, 0.15) is 5.56 Å². The molecular weight excluding hydrogens is 300 g/mol. The van der Waals surface area contributed by atoms with Crippen LogP contribution in [-0.4, -0.2) is 9.78 Å². The number of para-hydroxylation sites is 1. The summed E-state index contributed by atoms with van der Waals surface area (Å²) in [7, 11) is 0. The largest absolute Gasteiger partial charge is 0.233 e. The third kappa shape index (κ3) is 2.22. The molecule has 0 saturated heterocycles. The third-order valence-corrected chi connectivity index (χ3v) is 3.83. The molecule has 1 aromatic heterocycles. The van der Waals surface area contributed by atoms with E-state index in [-0.39, 0.29) is 0 Å². The van der Waals surface area contributed by atoms with Crippen LogP contribution in [0.15, 0.2) is 65.3 Å². The summed E-state index contributed by atoms with van der Waals surface area (Å²) in [4.78, 5) is 0. The van der Waals surface area contributed by atoms with E-state index in [0.717, 1.165) is 21.4 Å². The molecule has 3 rings (SSSR count). The standard InChI is InChI=1S/C16H13BrN2/c1-12-6-2-5-9-15(12)19-16(10-11-18-19)13-7-3-4-8-14(13)17/h2-11H,1H3. The number of aryl methyl sites for hydroxylation is 1. The Labute approximate surface area is 120 Å². The molecule has 94 valence electrons. The zero-order valence-electron chi connectivity index (χ0n) is 10.5. The molecule has 0 fully saturated rings. The van der Waals surface area contributed by atoms with Crippen LogP contribution in [0.5, 0.6) is 0 Å². The molecule has 2 aromatic carbocycles. The Hall–Kier alpha value is -1.87. The van der Waals surface area contributed by atoms with Gasteiger partial charge in [-0.1, -0.05) is 52.3 Å². The van der Waals surface area contributed by atoms with Gasteiger partial charge in [0.25, 0.3) is 0 Å². The van der Waals surface area contributed by atoms with Crippen LogP contribution in [0, 0.1) is 6.92 Å². The predicted octanol–water partition coefficient (Wildman–Crippen LogP) is 4.61.